The van der Waals surface area contributed by atoms with Crippen LogP contribution in [0.2, 0.25) is 0 Å². The lowest BCUT2D eigenvalue weighted by molar-refractivity contribution is 1.05. The minimum atomic E-state index is 0.110. The molecule has 0 radical (unpaired) electrons. The maximum Gasteiger partial charge on any atom is 0.225 e. The summed E-state index contributed by atoms with van der Waals surface area (Å²) >= 11 is 0. The van der Waals surface area contributed by atoms with Gasteiger partial charge in [0, 0.05) is 6.54 Å². The second-order valence-electron chi connectivity index (χ2n) is 2.05. The molecule has 6 N–H and O–H groups in total. The molecule has 1 rings (SSSR count). The lowest BCUT2D eigenvalue weighted by Crippen LogP contribution is -2.04. The normalized spacial score (nSPS) is 10.8. The molecule has 0 aromatic carbocycles. The van der Waals surface area contributed by atoms with Crippen molar-refractivity contribution in [3.63, 3.8) is 0 Å². The molecule has 0 aliphatic heterocycles. The number of anilines is 2. The highest BCUT2D eigenvalue weighted by atomic mass is 15.1. The Morgan fingerprint density at radius 2 is 1.67 bits per heavy atom. The molecule has 0 fully saturated rings. The molecule has 6 heteroatoms. The zero-order valence-corrected chi connectivity index (χ0v) is 6.44. The van der Waals surface area contributed by atoms with Gasteiger partial charge in [0.1, 0.15) is 0 Å². The predicted octanol–water partition coefficient (Wildman–Crippen LogP) is -0.992. The van der Waals surface area contributed by atoms with Crippen molar-refractivity contribution in [1.82, 2.24) is 15.0 Å². The summed E-state index contributed by atoms with van der Waals surface area (Å²) in [4.78, 5) is 11.2. The monoisotopic (exact) mass is 166 g/mol. The summed E-state index contributed by atoms with van der Waals surface area (Å²) in [5, 5.41) is 0. The van der Waals surface area contributed by atoms with E-state index in [1.165, 1.54) is 0 Å². The molecule has 12 heavy (non-hydrogen) atoms. The van der Waals surface area contributed by atoms with Crippen LogP contribution < -0.4 is 17.2 Å². The maximum absolute atomic E-state index is 5.32. The Hall–Kier alpha value is -1.69. The summed E-state index contributed by atoms with van der Waals surface area (Å²) in [7, 11) is 0. The first-order chi connectivity index (χ1) is 5.72. The minimum absolute atomic E-state index is 0.110. The van der Waals surface area contributed by atoms with Crippen LogP contribution in [-0.2, 0) is 0 Å². The van der Waals surface area contributed by atoms with Gasteiger partial charge in [0.15, 0.2) is 5.82 Å². The average molecular weight is 166 g/mol. The van der Waals surface area contributed by atoms with Crippen molar-refractivity contribution in [3.05, 3.63) is 11.9 Å². The van der Waals surface area contributed by atoms with Gasteiger partial charge >= 0.3 is 0 Å². The summed E-state index contributed by atoms with van der Waals surface area (Å²) in [6, 6.07) is 0. The van der Waals surface area contributed by atoms with E-state index in [0.29, 0.717) is 12.4 Å². The molecule has 0 atom stereocenters. The molecular formula is C6H10N6. The fraction of sp³-hybridized carbons (Fsp3) is 0.167. The van der Waals surface area contributed by atoms with Crippen LogP contribution in [0.1, 0.15) is 5.82 Å². The van der Waals surface area contributed by atoms with Gasteiger partial charge in [0.25, 0.3) is 0 Å². The fourth-order valence-corrected chi connectivity index (χ4v) is 0.675. The molecule has 0 unspecified atom stereocenters. The van der Waals surface area contributed by atoms with E-state index in [0.717, 1.165) is 0 Å². The quantitative estimate of drug-likeness (QED) is 0.519. The van der Waals surface area contributed by atoms with Gasteiger partial charge in [-0.3, -0.25) is 0 Å². The summed E-state index contributed by atoms with van der Waals surface area (Å²) in [6.45, 7) is 0.422. The number of rotatable bonds is 2. The molecule has 0 amide bonds. The summed E-state index contributed by atoms with van der Waals surface area (Å²) in [5.41, 5.74) is 15.9. The zero-order chi connectivity index (χ0) is 8.97. The van der Waals surface area contributed by atoms with Crippen molar-refractivity contribution in [2.75, 3.05) is 18.0 Å². The molecule has 0 saturated carbocycles. The highest BCUT2D eigenvalue weighted by Gasteiger charge is 1.96. The van der Waals surface area contributed by atoms with Gasteiger partial charge in [0.05, 0.1) is 0 Å². The Balaban J connectivity index is 2.93. The second-order valence-corrected chi connectivity index (χ2v) is 2.05. The molecule has 0 spiro atoms. The molecule has 0 aliphatic carbocycles. The molecule has 1 aromatic heterocycles. The predicted molar refractivity (Wildman–Crippen MR) is 46.7 cm³/mol. The molecule has 64 valence electrons. The van der Waals surface area contributed by atoms with Crippen LogP contribution >= 0.6 is 0 Å². The topological polar surface area (TPSA) is 117 Å². The number of nitrogens with two attached hydrogens (primary N) is 3. The van der Waals surface area contributed by atoms with Gasteiger partial charge in [-0.25, -0.2) is 0 Å². The summed E-state index contributed by atoms with van der Waals surface area (Å²) < 4.78 is 0. The number of aromatic nitrogens is 3. The molecular weight excluding hydrogens is 156 g/mol. The van der Waals surface area contributed by atoms with Gasteiger partial charge in [-0.2, -0.15) is 15.0 Å². The third kappa shape index (κ3) is 2.17. The second kappa shape index (κ2) is 3.63. The average Bonchev–Trinajstić information content (AvgIpc) is 1.99. The lowest BCUT2D eigenvalue weighted by atomic mass is 10.5. The summed E-state index contributed by atoms with van der Waals surface area (Å²) in [5.74, 6) is 0.642. The smallest absolute Gasteiger partial charge is 0.225 e. The minimum Gasteiger partial charge on any atom is -0.368 e. The number of nitrogen functional groups attached to an aromatic ring is 2. The van der Waals surface area contributed by atoms with E-state index in [4.69, 9.17) is 17.2 Å². The molecule has 0 aliphatic rings. The van der Waals surface area contributed by atoms with Gasteiger partial charge in [0.2, 0.25) is 11.9 Å². The Morgan fingerprint density at radius 3 is 2.17 bits per heavy atom. The SMILES string of the molecule is NC/C=C/c1nc(N)nc(N)n1. The van der Waals surface area contributed by atoms with E-state index in [1.54, 1.807) is 12.2 Å². The van der Waals surface area contributed by atoms with Gasteiger partial charge in [-0.05, 0) is 6.08 Å². The summed E-state index contributed by atoms with van der Waals surface area (Å²) in [6.07, 6.45) is 3.34. The van der Waals surface area contributed by atoms with Crippen LogP contribution in [0.25, 0.3) is 6.08 Å². The van der Waals surface area contributed by atoms with Crippen LogP contribution in [0.3, 0.4) is 0 Å². The van der Waals surface area contributed by atoms with Gasteiger partial charge in [-0.1, -0.05) is 6.08 Å². The van der Waals surface area contributed by atoms with E-state index >= 15 is 0 Å². The highest BCUT2D eigenvalue weighted by Crippen LogP contribution is 1.99. The highest BCUT2D eigenvalue weighted by molar-refractivity contribution is 5.43. The van der Waals surface area contributed by atoms with Crippen LogP contribution in [0.5, 0.6) is 0 Å². The van der Waals surface area contributed by atoms with Crippen LogP contribution in [-0.4, -0.2) is 21.5 Å². The van der Waals surface area contributed by atoms with E-state index in [2.05, 4.69) is 15.0 Å². The van der Waals surface area contributed by atoms with E-state index in [1.807, 2.05) is 0 Å². The van der Waals surface area contributed by atoms with Crippen molar-refractivity contribution in [3.8, 4) is 0 Å². The Morgan fingerprint density at radius 1 is 1.08 bits per heavy atom. The van der Waals surface area contributed by atoms with Crippen LogP contribution in [0, 0.1) is 0 Å². The molecule has 0 saturated heterocycles. The number of hydrogen-bond donors (Lipinski definition) is 3. The van der Waals surface area contributed by atoms with E-state index in [9.17, 15) is 0 Å². The largest absolute Gasteiger partial charge is 0.368 e. The molecule has 6 nitrogen and oxygen atoms in total. The lowest BCUT2D eigenvalue weighted by Gasteiger charge is -1.95. The van der Waals surface area contributed by atoms with E-state index < -0.39 is 0 Å². The van der Waals surface area contributed by atoms with Gasteiger partial charge < -0.3 is 17.2 Å². The zero-order valence-electron chi connectivity index (χ0n) is 6.44. The first kappa shape index (κ1) is 8.41. The maximum atomic E-state index is 5.32. The Bertz CT molecular complexity index is 274. The van der Waals surface area contributed by atoms with Gasteiger partial charge in [-0.15, -0.1) is 0 Å². The van der Waals surface area contributed by atoms with Crippen molar-refractivity contribution < 1.29 is 0 Å². The third-order valence-electron chi connectivity index (χ3n) is 1.09. The van der Waals surface area contributed by atoms with Crippen molar-refractivity contribution in [1.29, 1.82) is 0 Å². The van der Waals surface area contributed by atoms with Crippen LogP contribution in [0.15, 0.2) is 6.08 Å². The van der Waals surface area contributed by atoms with Crippen LogP contribution in [0.4, 0.5) is 11.9 Å². The van der Waals surface area contributed by atoms with Crippen molar-refractivity contribution in [2.24, 2.45) is 5.73 Å². The molecule has 1 heterocycles. The third-order valence-corrected chi connectivity index (χ3v) is 1.09. The number of hydrogen-bond acceptors (Lipinski definition) is 6. The Labute approximate surface area is 69.5 Å². The van der Waals surface area contributed by atoms with Crippen molar-refractivity contribution in [2.45, 2.75) is 0 Å². The first-order valence-corrected chi connectivity index (χ1v) is 3.36. The molecule has 1 aromatic rings. The fourth-order valence-electron chi connectivity index (χ4n) is 0.675. The Kier molecular flexibility index (Phi) is 2.54. The van der Waals surface area contributed by atoms with E-state index in [-0.39, 0.29) is 11.9 Å². The standard InChI is InChI=1S/C6H10N6/c7-3-1-2-4-10-5(8)12-6(9)11-4/h1-2H,3,7H2,(H4,8,9,10,11,12)/b2-1+. The first-order valence-electron chi connectivity index (χ1n) is 3.36. The van der Waals surface area contributed by atoms with Crippen molar-refractivity contribution >= 4 is 18.0 Å². The number of nitrogens with zero attached hydrogens (tertiary/aromatic N) is 3. The molecule has 0 bridgehead atoms.